The number of nitrogens with one attached hydrogen (secondary N) is 1. The zero-order valence-corrected chi connectivity index (χ0v) is 11.7. The van der Waals surface area contributed by atoms with E-state index in [-0.39, 0.29) is 10.9 Å². The van der Waals surface area contributed by atoms with Crippen molar-refractivity contribution in [1.82, 2.24) is 14.9 Å². The van der Waals surface area contributed by atoms with E-state index in [2.05, 4.69) is 9.97 Å². The van der Waals surface area contributed by atoms with Crippen LogP contribution in [-0.4, -0.2) is 46.0 Å². The van der Waals surface area contributed by atoms with Crippen LogP contribution in [0.3, 0.4) is 0 Å². The van der Waals surface area contributed by atoms with E-state index in [1.165, 1.54) is 0 Å². The Balaban J connectivity index is 2.13. The second-order valence-electron chi connectivity index (χ2n) is 4.76. The fourth-order valence-electron chi connectivity index (χ4n) is 2.33. The number of ether oxygens (including phenoxy) is 1. The predicted molar refractivity (Wildman–Crippen MR) is 74.3 cm³/mol. The van der Waals surface area contributed by atoms with Crippen LogP contribution in [0.4, 0.5) is 0 Å². The molecule has 0 aliphatic carbocycles. The predicted octanol–water partition coefficient (Wildman–Crippen LogP) is 0.451. The maximum Gasteiger partial charge on any atom is 0.235 e. The number of carbonyl (C=O) groups is 1. The van der Waals surface area contributed by atoms with Crippen LogP contribution in [0.5, 0.6) is 0 Å². The van der Waals surface area contributed by atoms with Crippen molar-refractivity contribution in [3.05, 3.63) is 18.2 Å². The summed E-state index contributed by atoms with van der Waals surface area (Å²) in [5, 5.41) is 0. The minimum absolute atomic E-state index is 0.0558. The zero-order chi connectivity index (χ0) is 13.9. The van der Waals surface area contributed by atoms with Gasteiger partial charge in [0.1, 0.15) is 11.2 Å². The Hall–Kier alpha value is -1.47. The molecule has 1 amide bonds. The van der Waals surface area contributed by atoms with Gasteiger partial charge in [0, 0.05) is 32.7 Å². The molecule has 0 bridgehead atoms. The number of nitrogens with zero attached hydrogens (tertiary/aromatic N) is 2. The summed E-state index contributed by atoms with van der Waals surface area (Å²) in [6.07, 6.45) is 4.48. The molecule has 1 saturated heterocycles. The van der Waals surface area contributed by atoms with Gasteiger partial charge in [0.05, 0.1) is 11.5 Å². The summed E-state index contributed by atoms with van der Waals surface area (Å²) in [4.78, 5) is 21.6. The minimum atomic E-state index is -0.769. The number of carbonyl (C=O) groups excluding carboxylic acids is 1. The summed E-state index contributed by atoms with van der Waals surface area (Å²) < 4.78 is 5.31. The summed E-state index contributed by atoms with van der Waals surface area (Å²) in [7, 11) is 1.74. The number of thiocarbonyl (C=S) groups is 1. The van der Waals surface area contributed by atoms with Crippen LogP contribution < -0.4 is 5.73 Å². The van der Waals surface area contributed by atoms with Gasteiger partial charge in [0.15, 0.2) is 0 Å². The molecule has 6 nitrogen and oxygen atoms in total. The fourth-order valence-corrected chi connectivity index (χ4v) is 2.62. The number of imidazole rings is 1. The third kappa shape index (κ3) is 2.76. The molecule has 0 radical (unpaired) electrons. The third-order valence-electron chi connectivity index (χ3n) is 3.52. The number of rotatable bonds is 4. The van der Waals surface area contributed by atoms with Crippen LogP contribution in [0, 0.1) is 5.41 Å². The summed E-state index contributed by atoms with van der Waals surface area (Å²) >= 11 is 5.12. The first-order valence-electron chi connectivity index (χ1n) is 6.18. The highest BCUT2D eigenvalue weighted by molar-refractivity contribution is 7.80. The van der Waals surface area contributed by atoms with Gasteiger partial charge in [-0.15, -0.1) is 0 Å². The highest BCUT2D eigenvalue weighted by atomic mass is 32.1. The lowest BCUT2D eigenvalue weighted by Gasteiger charge is -2.37. The topological polar surface area (TPSA) is 84.2 Å². The zero-order valence-electron chi connectivity index (χ0n) is 10.9. The molecule has 104 valence electrons. The largest absolute Gasteiger partial charge is 0.392 e. The van der Waals surface area contributed by atoms with E-state index in [0.717, 1.165) is 5.82 Å². The SMILES string of the molecule is CN(Cc1ncc[nH]1)C(=O)C1(C(N)=S)CCOCC1. The summed E-state index contributed by atoms with van der Waals surface area (Å²) in [6.45, 7) is 1.44. The van der Waals surface area contributed by atoms with Crippen LogP contribution >= 0.6 is 12.2 Å². The van der Waals surface area contributed by atoms with Gasteiger partial charge in [0.25, 0.3) is 0 Å². The van der Waals surface area contributed by atoms with Crippen molar-refractivity contribution < 1.29 is 9.53 Å². The average molecular weight is 282 g/mol. The second-order valence-corrected chi connectivity index (χ2v) is 5.20. The Morgan fingerprint density at radius 3 is 2.84 bits per heavy atom. The molecule has 0 spiro atoms. The monoisotopic (exact) mass is 282 g/mol. The molecular weight excluding hydrogens is 264 g/mol. The van der Waals surface area contributed by atoms with Crippen molar-refractivity contribution in [3.63, 3.8) is 0 Å². The van der Waals surface area contributed by atoms with Gasteiger partial charge in [-0.05, 0) is 12.8 Å². The molecular formula is C12H18N4O2S. The third-order valence-corrected chi connectivity index (χ3v) is 3.91. The summed E-state index contributed by atoms with van der Waals surface area (Å²) in [5.41, 5.74) is 5.05. The number of H-pyrrole nitrogens is 1. The molecule has 2 heterocycles. The maximum absolute atomic E-state index is 12.6. The lowest BCUT2D eigenvalue weighted by molar-refractivity contribution is -0.141. The van der Waals surface area contributed by atoms with E-state index >= 15 is 0 Å². The molecule has 0 aromatic carbocycles. The molecule has 2 rings (SSSR count). The molecule has 1 aliphatic rings. The van der Waals surface area contributed by atoms with E-state index in [1.807, 2.05) is 0 Å². The Kier molecular flexibility index (Phi) is 4.16. The van der Waals surface area contributed by atoms with Crippen molar-refractivity contribution in [2.24, 2.45) is 11.1 Å². The highest BCUT2D eigenvalue weighted by Crippen LogP contribution is 2.33. The number of hydrogen-bond donors (Lipinski definition) is 2. The number of aromatic amines is 1. The first-order valence-corrected chi connectivity index (χ1v) is 6.58. The van der Waals surface area contributed by atoms with Gasteiger partial charge in [0.2, 0.25) is 5.91 Å². The molecule has 0 saturated carbocycles. The summed E-state index contributed by atoms with van der Waals surface area (Å²) in [6, 6.07) is 0. The first-order chi connectivity index (χ1) is 9.06. The van der Waals surface area contributed by atoms with Gasteiger partial charge in [-0.3, -0.25) is 4.79 Å². The van der Waals surface area contributed by atoms with Gasteiger partial charge < -0.3 is 20.4 Å². The quantitative estimate of drug-likeness (QED) is 0.783. The second kappa shape index (κ2) is 5.66. The van der Waals surface area contributed by atoms with Gasteiger partial charge in [-0.25, -0.2) is 4.98 Å². The lowest BCUT2D eigenvalue weighted by atomic mass is 9.78. The molecule has 1 aliphatic heterocycles. The number of aromatic nitrogens is 2. The van der Waals surface area contributed by atoms with Crippen LogP contribution in [0.2, 0.25) is 0 Å². The van der Waals surface area contributed by atoms with Crippen LogP contribution in [-0.2, 0) is 16.1 Å². The van der Waals surface area contributed by atoms with Crippen LogP contribution in [0.1, 0.15) is 18.7 Å². The molecule has 1 aromatic rings. The number of nitrogens with two attached hydrogens (primary N) is 1. The Bertz CT molecular complexity index is 454. The van der Waals surface area contributed by atoms with Gasteiger partial charge >= 0.3 is 0 Å². The van der Waals surface area contributed by atoms with Crippen molar-refractivity contribution in [1.29, 1.82) is 0 Å². The molecule has 0 unspecified atom stereocenters. The van der Waals surface area contributed by atoms with E-state index in [0.29, 0.717) is 32.6 Å². The number of amides is 1. The molecule has 3 N–H and O–H groups in total. The van der Waals surface area contributed by atoms with Crippen molar-refractivity contribution in [2.75, 3.05) is 20.3 Å². The Morgan fingerprint density at radius 1 is 1.63 bits per heavy atom. The van der Waals surface area contributed by atoms with Crippen LogP contribution in [0.25, 0.3) is 0 Å². The highest BCUT2D eigenvalue weighted by Gasteiger charge is 2.44. The molecule has 7 heteroatoms. The minimum Gasteiger partial charge on any atom is -0.392 e. The fraction of sp³-hybridized carbons (Fsp3) is 0.583. The normalized spacial score (nSPS) is 17.9. The van der Waals surface area contributed by atoms with Crippen molar-refractivity contribution >= 4 is 23.1 Å². The molecule has 19 heavy (non-hydrogen) atoms. The standard InChI is InChI=1S/C12H18N4O2S/c1-16(8-9-14-4-5-15-9)11(17)12(10(13)19)2-6-18-7-3-12/h4-5H,2-3,6-8H2,1H3,(H2,13,19)(H,14,15). The average Bonchev–Trinajstić information content (AvgIpc) is 2.91. The van der Waals surface area contributed by atoms with E-state index in [4.69, 9.17) is 22.7 Å². The van der Waals surface area contributed by atoms with E-state index in [9.17, 15) is 4.79 Å². The molecule has 1 aromatic heterocycles. The number of hydrogen-bond acceptors (Lipinski definition) is 4. The van der Waals surface area contributed by atoms with Gasteiger partial charge in [-0.1, -0.05) is 12.2 Å². The van der Waals surface area contributed by atoms with Crippen molar-refractivity contribution in [2.45, 2.75) is 19.4 Å². The first kappa shape index (κ1) is 14.0. The van der Waals surface area contributed by atoms with E-state index in [1.54, 1.807) is 24.3 Å². The molecule has 0 atom stereocenters. The Morgan fingerprint density at radius 2 is 2.32 bits per heavy atom. The molecule has 1 fully saturated rings. The summed E-state index contributed by atoms with van der Waals surface area (Å²) in [5.74, 6) is 0.681. The maximum atomic E-state index is 12.6. The Labute approximate surface area is 117 Å². The lowest BCUT2D eigenvalue weighted by Crippen LogP contribution is -2.52. The van der Waals surface area contributed by atoms with Crippen molar-refractivity contribution in [3.8, 4) is 0 Å². The smallest absolute Gasteiger partial charge is 0.235 e. The van der Waals surface area contributed by atoms with E-state index < -0.39 is 5.41 Å². The van der Waals surface area contributed by atoms with Gasteiger partial charge in [-0.2, -0.15) is 0 Å². The van der Waals surface area contributed by atoms with Crippen LogP contribution in [0.15, 0.2) is 12.4 Å².